The molecule has 0 saturated heterocycles. The van der Waals surface area contributed by atoms with Crippen molar-refractivity contribution in [2.45, 2.75) is 25.7 Å². The molecule has 2 rings (SSSR count). The fraction of sp³-hybridized carbons (Fsp3) is 0.400. The summed E-state index contributed by atoms with van der Waals surface area (Å²) in [7, 11) is 0. The maximum atomic E-state index is 3.29. The Hall–Kier alpha value is -0.780. The van der Waals surface area contributed by atoms with Crippen LogP contribution in [-0.4, -0.2) is 0 Å². The highest BCUT2D eigenvalue weighted by atomic mass is 14.1. The maximum Gasteiger partial charge on any atom is -0.0146 e. The molecule has 0 saturated carbocycles. The number of hydrogen-bond donors (Lipinski definition) is 0. The summed E-state index contributed by atoms with van der Waals surface area (Å²) in [4.78, 5) is 0. The van der Waals surface area contributed by atoms with Gasteiger partial charge in [0.05, 0.1) is 0 Å². The third-order valence-electron chi connectivity index (χ3n) is 2.16. The number of benzene rings is 1. The SMILES string of the molecule is [c]1cccc2c1CCCC2. The Balaban J connectivity index is 2.41. The lowest BCUT2D eigenvalue weighted by Gasteiger charge is -2.13. The molecular formula is C10H11. The molecule has 0 amide bonds. The van der Waals surface area contributed by atoms with Gasteiger partial charge < -0.3 is 0 Å². The van der Waals surface area contributed by atoms with E-state index in [2.05, 4.69) is 18.2 Å². The molecule has 1 radical (unpaired) electrons. The van der Waals surface area contributed by atoms with Crippen molar-refractivity contribution in [2.75, 3.05) is 0 Å². The summed E-state index contributed by atoms with van der Waals surface area (Å²) >= 11 is 0. The average molecular weight is 131 g/mol. The largest absolute Gasteiger partial charge is 0.0614 e. The Morgan fingerprint density at radius 2 is 2.10 bits per heavy atom. The molecule has 1 aromatic carbocycles. The lowest BCUT2D eigenvalue weighted by molar-refractivity contribution is 0.685. The first-order valence-corrected chi connectivity index (χ1v) is 3.95. The zero-order chi connectivity index (χ0) is 6.81. The van der Waals surface area contributed by atoms with Crippen LogP contribution in [0.1, 0.15) is 24.0 Å². The molecule has 0 heteroatoms. The third-order valence-corrected chi connectivity index (χ3v) is 2.16. The minimum Gasteiger partial charge on any atom is -0.0614 e. The van der Waals surface area contributed by atoms with Crippen molar-refractivity contribution >= 4 is 0 Å². The number of rotatable bonds is 0. The van der Waals surface area contributed by atoms with Crippen molar-refractivity contribution in [3.63, 3.8) is 0 Å². The van der Waals surface area contributed by atoms with Crippen LogP contribution in [0.4, 0.5) is 0 Å². The second-order valence-corrected chi connectivity index (χ2v) is 2.88. The Labute approximate surface area is 61.9 Å². The molecule has 0 nitrogen and oxygen atoms in total. The predicted octanol–water partition coefficient (Wildman–Crippen LogP) is 2.37. The van der Waals surface area contributed by atoms with Crippen molar-refractivity contribution < 1.29 is 0 Å². The smallest absolute Gasteiger partial charge is 0.0146 e. The fourth-order valence-electron chi connectivity index (χ4n) is 1.59. The molecule has 0 fully saturated rings. The van der Waals surface area contributed by atoms with E-state index in [0.29, 0.717) is 0 Å². The molecule has 10 heavy (non-hydrogen) atoms. The highest BCUT2D eigenvalue weighted by Gasteiger charge is 2.06. The minimum absolute atomic E-state index is 1.25. The van der Waals surface area contributed by atoms with Crippen molar-refractivity contribution in [2.24, 2.45) is 0 Å². The van der Waals surface area contributed by atoms with E-state index in [-0.39, 0.29) is 0 Å². The van der Waals surface area contributed by atoms with Crippen LogP contribution in [0.25, 0.3) is 0 Å². The van der Waals surface area contributed by atoms with Crippen LogP contribution < -0.4 is 0 Å². The molecule has 0 heterocycles. The van der Waals surface area contributed by atoms with Crippen molar-refractivity contribution in [1.29, 1.82) is 0 Å². The van der Waals surface area contributed by atoms with Crippen LogP contribution in [0.2, 0.25) is 0 Å². The normalized spacial score (nSPS) is 16.4. The molecule has 1 aliphatic carbocycles. The Morgan fingerprint density at radius 1 is 1.20 bits per heavy atom. The van der Waals surface area contributed by atoms with Gasteiger partial charge in [0.1, 0.15) is 0 Å². The van der Waals surface area contributed by atoms with E-state index in [1.54, 1.807) is 0 Å². The second kappa shape index (κ2) is 2.45. The predicted molar refractivity (Wildman–Crippen MR) is 41.9 cm³/mol. The average Bonchev–Trinajstić information content (AvgIpc) is 2.05. The van der Waals surface area contributed by atoms with Gasteiger partial charge in [-0.25, -0.2) is 0 Å². The Morgan fingerprint density at radius 3 is 3.00 bits per heavy atom. The van der Waals surface area contributed by atoms with Crippen LogP contribution in [0.15, 0.2) is 18.2 Å². The van der Waals surface area contributed by atoms with E-state index in [4.69, 9.17) is 0 Å². The van der Waals surface area contributed by atoms with Gasteiger partial charge in [-0.1, -0.05) is 18.2 Å². The standard InChI is InChI=1S/C10H11/c1-2-6-10-8-4-3-7-9(10)5-1/h1-2,5H,3-4,7-8H2. The fourth-order valence-corrected chi connectivity index (χ4v) is 1.59. The van der Waals surface area contributed by atoms with Crippen molar-refractivity contribution in [3.8, 4) is 0 Å². The van der Waals surface area contributed by atoms with Crippen molar-refractivity contribution in [3.05, 3.63) is 35.4 Å². The van der Waals surface area contributed by atoms with Gasteiger partial charge in [-0.15, -0.1) is 0 Å². The molecule has 1 aromatic rings. The number of hydrogen-bond acceptors (Lipinski definition) is 0. The first kappa shape index (κ1) is 5.96. The van der Waals surface area contributed by atoms with Gasteiger partial charge >= 0.3 is 0 Å². The summed E-state index contributed by atoms with van der Waals surface area (Å²) in [6.45, 7) is 0. The summed E-state index contributed by atoms with van der Waals surface area (Å²) in [5.74, 6) is 0. The summed E-state index contributed by atoms with van der Waals surface area (Å²) < 4.78 is 0. The summed E-state index contributed by atoms with van der Waals surface area (Å²) in [6.07, 6.45) is 5.24. The van der Waals surface area contributed by atoms with E-state index >= 15 is 0 Å². The zero-order valence-electron chi connectivity index (χ0n) is 6.06. The molecule has 0 atom stereocenters. The molecule has 0 aliphatic heterocycles. The third kappa shape index (κ3) is 0.942. The van der Waals surface area contributed by atoms with Gasteiger partial charge in [0.15, 0.2) is 0 Å². The zero-order valence-corrected chi connectivity index (χ0v) is 6.06. The number of fused-ring (bicyclic) bond motifs is 1. The van der Waals surface area contributed by atoms with E-state index < -0.39 is 0 Å². The molecule has 0 unspecified atom stereocenters. The molecule has 0 bridgehead atoms. The second-order valence-electron chi connectivity index (χ2n) is 2.88. The quantitative estimate of drug-likeness (QED) is 0.507. The monoisotopic (exact) mass is 131 g/mol. The van der Waals surface area contributed by atoms with Gasteiger partial charge in [0, 0.05) is 0 Å². The summed E-state index contributed by atoms with van der Waals surface area (Å²) in [5, 5.41) is 0. The molecule has 51 valence electrons. The van der Waals surface area contributed by atoms with E-state index in [1.165, 1.54) is 36.8 Å². The Kier molecular flexibility index (Phi) is 1.46. The van der Waals surface area contributed by atoms with Crippen molar-refractivity contribution in [1.82, 2.24) is 0 Å². The number of aryl methyl sites for hydroxylation is 2. The van der Waals surface area contributed by atoms with Crippen LogP contribution in [-0.2, 0) is 12.8 Å². The van der Waals surface area contributed by atoms with Gasteiger partial charge in [0.2, 0.25) is 0 Å². The van der Waals surface area contributed by atoms with Crippen LogP contribution in [0, 0.1) is 6.07 Å². The van der Waals surface area contributed by atoms with Gasteiger partial charge in [-0.3, -0.25) is 0 Å². The Bertz CT molecular complexity index is 200. The van der Waals surface area contributed by atoms with Crippen LogP contribution in [0.3, 0.4) is 0 Å². The molecule has 1 aliphatic rings. The van der Waals surface area contributed by atoms with E-state index in [9.17, 15) is 0 Å². The van der Waals surface area contributed by atoms with Gasteiger partial charge in [-0.05, 0) is 42.9 Å². The summed E-state index contributed by atoms with van der Waals surface area (Å²) in [6, 6.07) is 9.62. The molecule has 0 spiro atoms. The van der Waals surface area contributed by atoms with Crippen LogP contribution >= 0.6 is 0 Å². The minimum atomic E-state index is 1.25. The highest BCUT2D eigenvalue weighted by Crippen LogP contribution is 2.19. The van der Waals surface area contributed by atoms with E-state index in [1.807, 2.05) is 6.07 Å². The maximum absolute atomic E-state index is 3.29. The molecular weight excluding hydrogens is 120 g/mol. The first-order chi connectivity index (χ1) is 4.97. The summed E-state index contributed by atoms with van der Waals surface area (Å²) in [5.41, 5.74) is 2.97. The van der Waals surface area contributed by atoms with E-state index in [0.717, 1.165) is 0 Å². The molecule has 0 N–H and O–H groups in total. The first-order valence-electron chi connectivity index (χ1n) is 3.95. The topological polar surface area (TPSA) is 0 Å². The van der Waals surface area contributed by atoms with Gasteiger partial charge in [0.25, 0.3) is 0 Å². The lowest BCUT2D eigenvalue weighted by atomic mass is 9.92. The highest BCUT2D eigenvalue weighted by molar-refractivity contribution is 5.27. The van der Waals surface area contributed by atoms with Crippen LogP contribution in [0.5, 0.6) is 0 Å². The molecule has 0 aromatic heterocycles. The lowest BCUT2D eigenvalue weighted by Crippen LogP contribution is -2.01. The van der Waals surface area contributed by atoms with Gasteiger partial charge in [-0.2, -0.15) is 0 Å².